The van der Waals surface area contributed by atoms with Gasteiger partial charge in [0.2, 0.25) is 10.0 Å². The van der Waals surface area contributed by atoms with Crippen molar-refractivity contribution in [3.05, 3.63) is 59.4 Å². The number of fused-ring (bicyclic) bond motifs is 1. The highest BCUT2D eigenvalue weighted by atomic mass is 32.2. The van der Waals surface area contributed by atoms with E-state index in [1.807, 2.05) is 6.92 Å². The van der Waals surface area contributed by atoms with E-state index in [0.717, 1.165) is 31.3 Å². The fourth-order valence-electron chi connectivity index (χ4n) is 3.25. The lowest BCUT2D eigenvalue weighted by Crippen LogP contribution is -2.09. The second-order valence-electron chi connectivity index (χ2n) is 7.29. The number of furan rings is 1. The van der Waals surface area contributed by atoms with E-state index in [9.17, 15) is 13.2 Å². The van der Waals surface area contributed by atoms with Crippen molar-refractivity contribution < 1.29 is 22.4 Å². The Labute approximate surface area is 177 Å². The number of sulfonamides is 1. The molecule has 1 heterocycles. The zero-order valence-corrected chi connectivity index (χ0v) is 18.3. The summed E-state index contributed by atoms with van der Waals surface area (Å²) in [6.07, 6.45) is 4.49. The minimum Gasteiger partial charge on any atom is -0.494 e. The van der Waals surface area contributed by atoms with E-state index in [1.54, 1.807) is 42.5 Å². The molecule has 30 heavy (non-hydrogen) atoms. The summed E-state index contributed by atoms with van der Waals surface area (Å²) in [5.41, 5.74) is 1.97. The molecule has 0 bridgehead atoms. The molecule has 0 fully saturated rings. The third kappa shape index (κ3) is 5.21. The number of carbonyl (C=O) groups is 1. The summed E-state index contributed by atoms with van der Waals surface area (Å²) >= 11 is 0. The molecular formula is C23H27NO5S. The van der Waals surface area contributed by atoms with Crippen LogP contribution in [0.2, 0.25) is 0 Å². The van der Waals surface area contributed by atoms with Gasteiger partial charge >= 0.3 is 0 Å². The number of rotatable bonds is 10. The molecule has 0 unspecified atom stereocenters. The Morgan fingerprint density at radius 2 is 1.80 bits per heavy atom. The first-order valence-electron chi connectivity index (χ1n) is 10.1. The Kier molecular flexibility index (Phi) is 6.82. The maximum Gasteiger partial charge on any atom is 0.229 e. The van der Waals surface area contributed by atoms with E-state index >= 15 is 0 Å². The molecule has 0 atom stereocenters. The van der Waals surface area contributed by atoms with E-state index in [1.165, 1.54) is 0 Å². The fraction of sp³-hybridized carbons (Fsp3) is 0.348. The van der Waals surface area contributed by atoms with Gasteiger partial charge in [0.05, 0.1) is 18.4 Å². The molecule has 0 spiro atoms. The molecule has 0 radical (unpaired) electrons. The van der Waals surface area contributed by atoms with Gasteiger partial charge in [0, 0.05) is 23.1 Å². The lowest BCUT2D eigenvalue weighted by Gasteiger charge is -2.07. The number of anilines is 1. The standard InChI is InChI=1S/C23H27NO5S/c1-4-6-7-21-22(23(25)16-8-11-18(12-9-16)28-14-5-2)19-15-17(24-30(3,26)27)10-13-20(19)29-21/h8-13,15,24H,4-7,14H2,1-3H3. The van der Waals surface area contributed by atoms with E-state index in [-0.39, 0.29) is 5.78 Å². The van der Waals surface area contributed by atoms with E-state index in [4.69, 9.17) is 9.15 Å². The van der Waals surface area contributed by atoms with Gasteiger partial charge in [0.25, 0.3) is 0 Å². The minimum atomic E-state index is -3.43. The number of unbranched alkanes of at least 4 members (excludes halogenated alkanes) is 1. The summed E-state index contributed by atoms with van der Waals surface area (Å²) in [6.45, 7) is 4.73. The summed E-state index contributed by atoms with van der Waals surface area (Å²) in [4.78, 5) is 13.4. The van der Waals surface area contributed by atoms with Crippen LogP contribution in [0.4, 0.5) is 5.69 Å². The largest absolute Gasteiger partial charge is 0.494 e. The predicted molar refractivity (Wildman–Crippen MR) is 119 cm³/mol. The Hall–Kier alpha value is -2.80. The summed E-state index contributed by atoms with van der Waals surface area (Å²) in [5.74, 6) is 1.19. The van der Waals surface area contributed by atoms with E-state index < -0.39 is 10.0 Å². The van der Waals surface area contributed by atoms with Crippen molar-refractivity contribution in [2.75, 3.05) is 17.6 Å². The number of ketones is 1. The summed E-state index contributed by atoms with van der Waals surface area (Å²) in [5, 5.41) is 0.603. The van der Waals surface area contributed by atoms with Crippen molar-refractivity contribution >= 4 is 32.5 Å². The number of benzene rings is 2. The van der Waals surface area contributed by atoms with Crippen molar-refractivity contribution in [3.63, 3.8) is 0 Å². The van der Waals surface area contributed by atoms with Gasteiger partial charge in [0.15, 0.2) is 5.78 Å². The molecule has 0 saturated carbocycles. The van der Waals surface area contributed by atoms with Crippen LogP contribution >= 0.6 is 0 Å². The summed E-state index contributed by atoms with van der Waals surface area (Å²) in [7, 11) is -3.43. The zero-order valence-electron chi connectivity index (χ0n) is 17.5. The first-order chi connectivity index (χ1) is 14.3. The highest BCUT2D eigenvalue weighted by Crippen LogP contribution is 2.32. The zero-order chi connectivity index (χ0) is 21.7. The van der Waals surface area contributed by atoms with Gasteiger partial charge < -0.3 is 9.15 Å². The van der Waals surface area contributed by atoms with Gasteiger partial charge in [-0.05, 0) is 55.3 Å². The van der Waals surface area contributed by atoms with Crippen LogP contribution in [0.25, 0.3) is 11.0 Å². The topological polar surface area (TPSA) is 85.6 Å². The third-order valence-electron chi connectivity index (χ3n) is 4.64. The van der Waals surface area contributed by atoms with Crippen LogP contribution in [0.5, 0.6) is 5.75 Å². The normalized spacial score (nSPS) is 11.6. The van der Waals surface area contributed by atoms with Crippen LogP contribution in [-0.4, -0.2) is 27.1 Å². The minimum absolute atomic E-state index is 0.154. The molecule has 6 nitrogen and oxygen atoms in total. The highest BCUT2D eigenvalue weighted by Gasteiger charge is 2.22. The van der Waals surface area contributed by atoms with Gasteiger partial charge in [-0.2, -0.15) is 0 Å². The van der Waals surface area contributed by atoms with E-state index in [0.29, 0.717) is 46.6 Å². The number of aryl methyl sites for hydroxylation is 1. The van der Waals surface area contributed by atoms with Crippen LogP contribution in [0.3, 0.4) is 0 Å². The second kappa shape index (κ2) is 9.34. The van der Waals surface area contributed by atoms with Crippen LogP contribution < -0.4 is 9.46 Å². The van der Waals surface area contributed by atoms with Crippen LogP contribution in [0.1, 0.15) is 54.8 Å². The van der Waals surface area contributed by atoms with Gasteiger partial charge in [-0.25, -0.2) is 8.42 Å². The average Bonchev–Trinajstić information content (AvgIpc) is 3.06. The first kappa shape index (κ1) is 21.9. The molecule has 1 N–H and O–H groups in total. The Balaban J connectivity index is 2.03. The number of ether oxygens (including phenoxy) is 1. The lowest BCUT2D eigenvalue weighted by molar-refractivity contribution is 0.103. The number of nitrogens with one attached hydrogen (secondary N) is 1. The molecule has 0 aliphatic heterocycles. The third-order valence-corrected chi connectivity index (χ3v) is 5.24. The molecule has 160 valence electrons. The molecule has 0 amide bonds. The van der Waals surface area contributed by atoms with Gasteiger partial charge in [0.1, 0.15) is 17.1 Å². The maximum atomic E-state index is 13.4. The molecule has 7 heteroatoms. The molecule has 1 aromatic heterocycles. The van der Waals surface area contributed by atoms with Crippen molar-refractivity contribution in [2.24, 2.45) is 0 Å². The summed E-state index contributed by atoms with van der Waals surface area (Å²) in [6, 6.07) is 12.0. The Bertz CT molecular complexity index is 1130. The monoisotopic (exact) mass is 429 g/mol. The Morgan fingerprint density at radius 1 is 1.07 bits per heavy atom. The molecule has 2 aromatic carbocycles. The fourth-order valence-corrected chi connectivity index (χ4v) is 3.81. The van der Waals surface area contributed by atoms with Crippen LogP contribution in [0, 0.1) is 0 Å². The molecule has 0 aliphatic rings. The van der Waals surface area contributed by atoms with Crippen LogP contribution in [-0.2, 0) is 16.4 Å². The SMILES string of the molecule is CCCCc1oc2ccc(NS(C)(=O)=O)cc2c1C(=O)c1ccc(OCCC)cc1. The van der Waals surface area contributed by atoms with Gasteiger partial charge in [-0.1, -0.05) is 20.3 Å². The number of carbonyl (C=O) groups excluding carboxylic acids is 1. The van der Waals surface area contributed by atoms with Crippen LogP contribution in [0.15, 0.2) is 46.9 Å². The predicted octanol–water partition coefficient (Wildman–Crippen LogP) is 5.17. The number of hydrogen-bond donors (Lipinski definition) is 1. The lowest BCUT2D eigenvalue weighted by atomic mass is 9.98. The maximum absolute atomic E-state index is 13.4. The molecular weight excluding hydrogens is 402 g/mol. The van der Waals surface area contributed by atoms with Crippen molar-refractivity contribution in [3.8, 4) is 5.75 Å². The molecule has 0 aliphatic carbocycles. The number of hydrogen-bond acceptors (Lipinski definition) is 5. The highest BCUT2D eigenvalue weighted by molar-refractivity contribution is 7.92. The second-order valence-corrected chi connectivity index (χ2v) is 9.04. The van der Waals surface area contributed by atoms with Gasteiger partial charge in [-0.3, -0.25) is 9.52 Å². The quantitative estimate of drug-likeness (QED) is 0.450. The van der Waals surface area contributed by atoms with Crippen molar-refractivity contribution in [1.82, 2.24) is 0 Å². The smallest absolute Gasteiger partial charge is 0.229 e. The van der Waals surface area contributed by atoms with Crippen molar-refractivity contribution in [1.29, 1.82) is 0 Å². The first-order valence-corrected chi connectivity index (χ1v) is 12.0. The van der Waals surface area contributed by atoms with Crippen molar-refractivity contribution in [2.45, 2.75) is 39.5 Å². The molecule has 0 saturated heterocycles. The van der Waals surface area contributed by atoms with E-state index in [2.05, 4.69) is 11.6 Å². The molecule has 3 aromatic rings. The summed E-state index contributed by atoms with van der Waals surface area (Å²) < 4.78 is 37.3. The Morgan fingerprint density at radius 3 is 2.43 bits per heavy atom. The average molecular weight is 430 g/mol. The van der Waals surface area contributed by atoms with Gasteiger partial charge in [-0.15, -0.1) is 0 Å². The molecule has 3 rings (SSSR count).